The van der Waals surface area contributed by atoms with Crippen LogP contribution in [-0.4, -0.2) is 0 Å². The van der Waals surface area contributed by atoms with Crippen LogP contribution in [0.2, 0.25) is 0 Å². The number of para-hydroxylation sites is 3. The molecule has 0 saturated carbocycles. The van der Waals surface area contributed by atoms with Gasteiger partial charge in [-0.1, -0.05) is 103 Å². The number of ether oxygens (including phenoxy) is 1. The molecule has 0 bridgehead atoms. The Morgan fingerprint density at radius 1 is 0.472 bits per heavy atom. The lowest BCUT2D eigenvalue weighted by molar-refractivity contribution is 0.487. The Bertz CT molecular complexity index is 2680. The Hall–Kier alpha value is -4.82. The van der Waals surface area contributed by atoms with Crippen molar-refractivity contribution in [3.63, 3.8) is 0 Å². The summed E-state index contributed by atoms with van der Waals surface area (Å²) in [5.74, 6) is -0.773. The molecule has 0 amide bonds. The number of furan rings is 1. The van der Waals surface area contributed by atoms with Gasteiger partial charge in [-0.15, -0.1) is 0 Å². The summed E-state index contributed by atoms with van der Waals surface area (Å²) in [6, 6.07) is 4.55. The Morgan fingerprint density at radius 3 is 2.14 bits per heavy atom. The summed E-state index contributed by atoms with van der Waals surface area (Å²) < 4.78 is 126. The van der Waals surface area contributed by atoms with E-state index in [9.17, 15) is 1.37 Å². The normalized spacial score (nSPS) is 17.2. The Labute approximate surface area is 226 Å². The maximum atomic E-state index is 9.25. The molecule has 36 heavy (non-hydrogen) atoms. The predicted molar refractivity (Wildman–Crippen MR) is 148 cm³/mol. The molecule has 6 aromatic carbocycles. The van der Waals surface area contributed by atoms with E-state index >= 15 is 0 Å². The van der Waals surface area contributed by atoms with Crippen molar-refractivity contribution in [1.82, 2.24) is 0 Å². The third kappa shape index (κ3) is 2.67. The third-order valence-corrected chi connectivity index (χ3v) is 6.37. The molecular formula is C34H20O2. The highest BCUT2D eigenvalue weighted by Gasteiger charge is 2.22. The molecule has 1 aromatic heterocycles. The number of hydrogen-bond acceptors (Lipinski definition) is 2. The molecule has 0 unspecified atom stereocenters. The molecule has 1 aliphatic heterocycles. The van der Waals surface area contributed by atoms with E-state index < -0.39 is 84.3 Å². The molecule has 168 valence electrons. The second kappa shape index (κ2) is 7.34. The van der Waals surface area contributed by atoms with Crippen LogP contribution in [-0.2, 0) is 0 Å². The molecule has 0 saturated heterocycles. The Kier molecular flexibility index (Phi) is 2.21. The molecule has 2 nitrogen and oxygen atoms in total. The first kappa shape index (κ1) is 10.8. The highest BCUT2D eigenvalue weighted by Crippen LogP contribution is 2.49. The summed E-state index contributed by atoms with van der Waals surface area (Å²) in [5.41, 5.74) is -0.0311. The molecule has 0 fully saturated rings. The van der Waals surface area contributed by atoms with E-state index in [1.54, 1.807) is 30.3 Å². The fourth-order valence-electron chi connectivity index (χ4n) is 4.82. The molecule has 0 N–H and O–H groups in total. The van der Waals surface area contributed by atoms with E-state index in [4.69, 9.17) is 25.6 Å². The van der Waals surface area contributed by atoms with Gasteiger partial charge in [-0.3, -0.25) is 0 Å². The van der Waals surface area contributed by atoms with Gasteiger partial charge in [0.25, 0.3) is 0 Å². The van der Waals surface area contributed by atoms with Crippen molar-refractivity contribution in [2.75, 3.05) is 0 Å². The van der Waals surface area contributed by atoms with E-state index in [0.717, 1.165) is 5.39 Å². The minimum atomic E-state index is -0.658. The van der Waals surface area contributed by atoms with Crippen LogP contribution in [0.4, 0.5) is 0 Å². The molecule has 0 radical (unpaired) electrons. The summed E-state index contributed by atoms with van der Waals surface area (Å²) in [6.07, 6.45) is 0. The SMILES string of the molecule is [2H]c1c([2H])c([2H])c2c(c1[2H])Oc1c([2H])c([2H])c(-c3c([2H])c([2H])c([2H])c([2H])c3-c3cccc4c3oc3ccccc34)c3c([2H])c([2H])c([2H])c-2c13. The predicted octanol–water partition coefficient (Wildman–Crippen LogP) is 9.85. The second-order valence-electron chi connectivity index (χ2n) is 8.29. The maximum absolute atomic E-state index is 9.25. The molecule has 0 aliphatic carbocycles. The third-order valence-electron chi connectivity index (χ3n) is 6.37. The van der Waals surface area contributed by atoms with Gasteiger partial charge < -0.3 is 9.15 Å². The lowest BCUT2D eigenvalue weighted by atomic mass is 9.87. The van der Waals surface area contributed by atoms with E-state index in [1.165, 1.54) is 0 Å². The average Bonchev–Trinajstić information content (AvgIpc) is 3.49. The summed E-state index contributed by atoms with van der Waals surface area (Å²) in [5, 5.41) is 1.02. The van der Waals surface area contributed by atoms with Crippen molar-refractivity contribution in [2.24, 2.45) is 0 Å². The van der Waals surface area contributed by atoms with Crippen LogP contribution in [0, 0.1) is 0 Å². The molecule has 2 heteroatoms. The lowest BCUT2D eigenvalue weighted by Crippen LogP contribution is -1.98. The first-order chi connectivity index (χ1) is 23.3. The first-order valence-corrected chi connectivity index (χ1v) is 11.1. The molecule has 8 rings (SSSR count). The van der Waals surface area contributed by atoms with Gasteiger partial charge in [0.15, 0.2) is 0 Å². The monoisotopic (exact) mass is 473 g/mol. The molecule has 2 heterocycles. The van der Waals surface area contributed by atoms with E-state index in [2.05, 4.69) is 0 Å². The van der Waals surface area contributed by atoms with E-state index in [1.807, 2.05) is 12.1 Å². The molecule has 0 atom stereocenters. The average molecular weight is 474 g/mol. The summed E-state index contributed by atoms with van der Waals surface area (Å²) in [4.78, 5) is 0. The van der Waals surface area contributed by atoms with Gasteiger partial charge in [-0.2, -0.15) is 0 Å². The van der Waals surface area contributed by atoms with Crippen molar-refractivity contribution in [3.8, 4) is 44.9 Å². The smallest absolute Gasteiger partial charge is 0.143 e. The van der Waals surface area contributed by atoms with Gasteiger partial charge in [0.2, 0.25) is 0 Å². The van der Waals surface area contributed by atoms with Crippen molar-refractivity contribution >= 4 is 32.7 Å². The van der Waals surface area contributed by atoms with Gasteiger partial charge in [-0.05, 0) is 45.8 Å². The summed E-state index contributed by atoms with van der Waals surface area (Å²) in [7, 11) is 0. The van der Waals surface area contributed by atoms with Crippen LogP contribution in [0.5, 0.6) is 11.5 Å². The van der Waals surface area contributed by atoms with Crippen molar-refractivity contribution in [3.05, 3.63) is 121 Å². The van der Waals surface area contributed by atoms with Crippen LogP contribution < -0.4 is 4.74 Å². The highest BCUT2D eigenvalue weighted by molar-refractivity contribution is 6.13. The number of benzene rings is 6. The Morgan fingerprint density at radius 2 is 1.22 bits per heavy atom. The minimum absolute atomic E-state index is 0.0830. The van der Waals surface area contributed by atoms with Gasteiger partial charge in [0.05, 0.1) is 17.8 Å². The van der Waals surface area contributed by atoms with Gasteiger partial charge in [-0.25, -0.2) is 0 Å². The fraction of sp³-hybridized carbons (Fsp3) is 0. The van der Waals surface area contributed by atoms with E-state index in [-0.39, 0.29) is 49.9 Å². The number of rotatable bonds is 2. The summed E-state index contributed by atoms with van der Waals surface area (Å²) in [6.45, 7) is 0. The molecule has 1 aliphatic rings. The van der Waals surface area contributed by atoms with Gasteiger partial charge >= 0.3 is 0 Å². The van der Waals surface area contributed by atoms with Crippen LogP contribution in [0.25, 0.3) is 66.1 Å². The van der Waals surface area contributed by atoms with Crippen LogP contribution in [0.3, 0.4) is 0 Å². The minimum Gasteiger partial charge on any atom is -0.456 e. The molecule has 7 aromatic rings. The standard InChI is InChI=1S/C34H20O2/c1-2-10-22(28-15-8-16-29-25-12-4-6-18-31(25)36-34(28)29)21(9-1)23-19-20-32-33-26(23)13-7-14-27(33)24-11-3-5-17-30(24)35-32/h1-20H/i1D,2D,3D,5D,7D,9D,10D,11D,13D,14D,17D,19D,20D. The van der Waals surface area contributed by atoms with Gasteiger partial charge in [0.1, 0.15) is 22.7 Å². The molecular weight excluding hydrogens is 440 g/mol. The fourth-order valence-corrected chi connectivity index (χ4v) is 4.82. The van der Waals surface area contributed by atoms with Crippen molar-refractivity contribution in [2.45, 2.75) is 0 Å². The largest absolute Gasteiger partial charge is 0.456 e. The highest BCUT2D eigenvalue weighted by atomic mass is 16.5. The zero-order valence-electron chi connectivity index (χ0n) is 31.4. The topological polar surface area (TPSA) is 22.4 Å². The van der Waals surface area contributed by atoms with Crippen LogP contribution in [0.15, 0.2) is 125 Å². The lowest BCUT2D eigenvalue weighted by Gasteiger charge is -2.23. The first-order valence-electron chi connectivity index (χ1n) is 17.6. The summed E-state index contributed by atoms with van der Waals surface area (Å²) >= 11 is 0. The van der Waals surface area contributed by atoms with Crippen LogP contribution >= 0.6 is 0 Å². The maximum Gasteiger partial charge on any atom is 0.143 e. The second-order valence-corrected chi connectivity index (χ2v) is 8.29. The zero-order valence-corrected chi connectivity index (χ0v) is 18.4. The zero-order chi connectivity index (χ0) is 35.0. The quantitative estimate of drug-likeness (QED) is 0.249. The number of hydrogen-bond donors (Lipinski definition) is 0. The van der Waals surface area contributed by atoms with Crippen molar-refractivity contribution < 1.29 is 27.0 Å². The Balaban J connectivity index is 1.61. The van der Waals surface area contributed by atoms with Crippen molar-refractivity contribution in [1.29, 1.82) is 0 Å². The number of fused-ring (bicyclic) bond motifs is 5. The van der Waals surface area contributed by atoms with Crippen LogP contribution in [0.1, 0.15) is 17.8 Å². The van der Waals surface area contributed by atoms with Gasteiger partial charge in [0, 0.05) is 27.3 Å². The van der Waals surface area contributed by atoms with E-state index in [0.29, 0.717) is 16.6 Å². The molecule has 0 spiro atoms.